The molecule has 2 bridgehead atoms. The topological polar surface area (TPSA) is 116 Å². The molecule has 10 nitrogen and oxygen atoms in total. The van der Waals surface area contributed by atoms with Gasteiger partial charge in [0.15, 0.2) is 11.9 Å². The average molecular weight is 554 g/mol. The number of carbonyl (C=O) groups is 2. The first-order valence-corrected chi connectivity index (χ1v) is 15.6. The first-order valence-electron chi connectivity index (χ1n) is 14.6. The molecule has 1 saturated carbocycles. The number of thioether (sulfide) groups is 1. The van der Waals surface area contributed by atoms with Crippen molar-refractivity contribution in [3.8, 4) is 0 Å². The molecule has 1 spiro atoms. The van der Waals surface area contributed by atoms with Crippen LogP contribution in [0.3, 0.4) is 0 Å². The molecule has 7 aliphatic rings. The number of carbonyl (C=O) groups excluding carboxylic acids is 2. The van der Waals surface area contributed by atoms with Crippen LogP contribution in [0.4, 0.5) is 9.59 Å². The smallest absolute Gasteiger partial charge is 0.407 e. The summed E-state index contributed by atoms with van der Waals surface area (Å²) in [6, 6.07) is 0.432. The number of hydrogen-bond acceptors (Lipinski definition) is 8. The molecule has 38 heavy (non-hydrogen) atoms. The normalized spacial score (nSPS) is 46.9. The lowest BCUT2D eigenvalue weighted by Gasteiger charge is -2.60. The third-order valence-electron chi connectivity index (χ3n) is 10.1. The van der Waals surface area contributed by atoms with E-state index in [1.54, 1.807) is 0 Å². The number of ether oxygens (including phenoxy) is 3. The summed E-state index contributed by atoms with van der Waals surface area (Å²) in [4.78, 5) is 35.9. The molecule has 0 radical (unpaired) electrons. The maximum atomic E-state index is 12.3. The SMILES string of the molecule is C[C@H]1[C@@H](CCOC(=O)NCCCC[C@@H]2SC[C@@H]3NC(=O)N[C@@H]32)O[C@@H]2O[C@]3(C)CC[C@H]4[C@H](C)CC[C@@H]1[C@@]24OO3. The molecule has 6 saturated heterocycles. The molecule has 3 amide bonds. The first-order chi connectivity index (χ1) is 18.3. The zero-order valence-electron chi connectivity index (χ0n) is 22.7. The molecular formula is C27H43N3O7S. The van der Waals surface area contributed by atoms with Crippen molar-refractivity contribution >= 4 is 23.9 Å². The second-order valence-corrected chi connectivity index (χ2v) is 13.7. The molecule has 214 valence electrons. The zero-order valence-corrected chi connectivity index (χ0v) is 23.6. The van der Waals surface area contributed by atoms with E-state index >= 15 is 0 Å². The van der Waals surface area contributed by atoms with Crippen molar-refractivity contribution in [2.24, 2.45) is 23.7 Å². The molecule has 0 aromatic rings. The molecule has 0 aromatic carbocycles. The number of nitrogens with one attached hydrogen (secondary N) is 3. The van der Waals surface area contributed by atoms with E-state index in [0.29, 0.717) is 36.7 Å². The summed E-state index contributed by atoms with van der Waals surface area (Å²) in [6.45, 7) is 7.37. The molecule has 11 atom stereocenters. The van der Waals surface area contributed by atoms with Gasteiger partial charge in [0.2, 0.25) is 5.79 Å². The van der Waals surface area contributed by atoms with Crippen molar-refractivity contribution in [3.63, 3.8) is 0 Å². The Labute approximate surface area is 229 Å². The molecule has 7 fully saturated rings. The van der Waals surface area contributed by atoms with Gasteiger partial charge >= 0.3 is 12.1 Å². The largest absolute Gasteiger partial charge is 0.449 e. The van der Waals surface area contributed by atoms with Crippen LogP contribution in [0.2, 0.25) is 0 Å². The number of alkyl carbamates (subject to hydrolysis) is 1. The number of hydrogen-bond donors (Lipinski definition) is 3. The molecule has 3 N–H and O–H groups in total. The Morgan fingerprint density at radius 1 is 1.13 bits per heavy atom. The van der Waals surface area contributed by atoms with E-state index < -0.39 is 17.7 Å². The van der Waals surface area contributed by atoms with Gasteiger partial charge in [-0.25, -0.2) is 19.4 Å². The van der Waals surface area contributed by atoms with E-state index in [1.165, 1.54) is 6.42 Å². The number of unbranched alkanes of at least 4 members (excludes halogenated alkanes) is 1. The second-order valence-electron chi connectivity index (χ2n) is 12.4. The number of urea groups is 1. The van der Waals surface area contributed by atoms with Crippen LogP contribution in [0.5, 0.6) is 0 Å². The predicted molar refractivity (Wildman–Crippen MR) is 140 cm³/mol. The summed E-state index contributed by atoms with van der Waals surface area (Å²) in [5.41, 5.74) is -0.556. The van der Waals surface area contributed by atoms with Crippen LogP contribution >= 0.6 is 11.8 Å². The van der Waals surface area contributed by atoms with Gasteiger partial charge in [-0.3, -0.25) is 0 Å². The minimum absolute atomic E-state index is 0.0506. The predicted octanol–water partition coefficient (Wildman–Crippen LogP) is 3.69. The van der Waals surface area contributed by atoms with Crippen LogP contribution in [0.25, 0.3) is 0 Å². The first kappa shape index (κ1) is 26.9. The van der Waals surface area contributed by atoms with Crippen molar-refractivity contribution in [1.82, 2.24) is 16.0 Å². The fourth-order valence-corrected chi connectivity index (χ4v) is 9.48. The van der Waals surface area contributed by atoms with Crippen LogP contribution in [-0.4, -0.2) is 72.1 Å². The molecule has 6 heterocycles. The molecular weight excluding hydrogens is 510 g/mol. The highest BCUT2D eigenvalue weighted by atomic mass is 32.2. The number of rotatable bonds is 8. The van der Waals surface area contributed by atoms with Crippen molar-refractivity contribution in [2.45, 2.75) is 113 Å². The third-order valence-corrected chi connectivity index (χ3v) is 11.6. The lowest BCUT2D eigenvalue weighted by atomic mass is 9.57. The van der Waals surface area contributed by atoms with Crippen LogP contribution in [0, 0.1) is 23.7 Å². The summed E-state index contributed by atoms with van der Waals surface area (Å²) >= 11 is 1.92. The van der Waals surface area contributed by atoms with Crippen molar-refractivity contribution < 1.29 is 33.6 Å². The maximum Gasteiger partial charge on any atom is 0.407 e. The van der Waals surface area contributed by atoms with E-state index in [2.05, 4.69) is 29.8 Å². The lowest BCUT2D eigenvalue weighted by Crippen LogP contribution is -2.70. The Bertz CT molecular complexity index is 912. The minimum atomic E-state index is -0.779. The zero-order chi connectivity index (χ0) is 26.5. The quantitative estimate of drug-likeness (QED) is 0.237. The van der Waals surface area contributed by atoms with Crippen molar-refractivity contribution in [2.75, 3.05) is 18.9 Å². The van der Waals surface area contributed by atoms with Crippen LogP contribution in [0.1, 0.15) is 72.1 Å². The molecule has 1 aliphatic carbocycles. The highest BCUT2D eigenvalue weighted by Crippen LogP contribution is 2.60. The fourth-order valence-electron chi connectivity index (χ4n) is 7.93. The van der Waals surface area contributed by atoms with Crippen molar-refractivity contribution in [1.29, 1.82) is 0 Å². The van der Waals surface area contributed by atoms with Gasteiger partial charge in [-0.15, -0.1) is 0 Å². The van der Waals surface area contributed by atoms with Crippen LogP contribution in [0.15, 0.2) is 0 Å². The molecule has 7 rings (SSSR count). The van der Waals surface area contributed by atoms with Crippen LogP contribution < -0.4 is 16.0 Å². The van der Waals surface area contributed by atoms with Gasteiger partial charge < -0.3 is 30.2 Å². The summed E-state index contributed by atoms with van der Waals surface area (Å²) < 4.78 is 18.5. The van der Waals surface area contributed by atoms with Crippen molar-refractivity contribution in [3.05, 3.63) is 0 Å². The number of fused-ring (bicyclic) bond motifs is 3. The summed E-state index contributed by atoms with van der Waals surface area (Å²) in [5, 5.41) is 9.32. The van der Waals surface area contributed by atoms with Gasteiger partial charge in [-0.2, -0.15) is 11.8 Å². The minimum Gasteiger partial charge on any atom is -0.449 e. The van der Waals surface area contributed by atoms with Gasteiger partial charge in [-0.05, 0) is 56.8 Å². The molecule has 0 unspecified atom stereocenters. The Kier molecular flexibility index (Phi) is 7.52. The third kappa shape index (κ3) is 4.80. The van der Waals surface area contributed by atoms with Gasteiger partial charge in [0, 0.05) is 36.3 Å². The van der Waals surface area contributed by atoms with E-state index in [4.69, 9.17) is 24.0 Å². The monoisotopic (exact) mass is 553 g/mol. The van der Waals surface area contributed by atoms with Crippen LogP contribution in [-0.2, 0) is 24.0 Å². The summed E-state index contributed by atoms with van der Waals surface area (Å²) in [6.07, 6.45) is 6.68. The Morgan fingerprint density at radius 3 is 2.87 bits per heavy atom. The molecule has 0 aromatic heterocycles. The summed E-state index contributed by atoms with van der Waals surface area (Å²) in [5.74, 6) is 1.61. The Balaban J connectivity index is 0.936. The van der Waals surface area contributed by atoms with Gasteiger partial charge in [0.1, 0.15) is 0 Å². The van der Waals surface area contributed by atoms with Gasteiger partial charge in [-0.1, -0.05) is 20.3 Å². The van der Waals surface area contributed by atoms with Gasteiger partial charge in [0.05, 0.1) is 24.8 Å². The standard InChI is InChI=1S/C27H43N3O7S/c1-15-7-8-18-16(2)20(34-23-27(18)17(15)9-11-26(3,35-23)36-37-27)10-13-33-25(32)28-12-5-4-6-21-22-19(14-38-21)29-24(31)30-22/h15-23H,4-14H2,1-3H3,(H,28,32)(H2,29,30,31)/t15-,16-,17+,18+,19+,20-,21+,22+,23-,26+,27-/m1/s1. The summed E-state index contributed by atoms with van der Waals surface area (Å²) in [7, 11) is 0. The second kappa shape index (κ2) is 10.6. The molecule has 6 aliphatic heterocycles. The Hall–Kier alpha value is -1.27. The van der Waals surface area contributed by atoms with E-state index in [9.17, 15) is 9.59 Å². The molecule has 11 heteroatoms. The lowest BCUT2D eigenvalue weighted by molar-refractivity contribution is -0.571. The number of amides is 3. The van der Waals surface area contributed by atoms with E-state index in [0.717, 1.165) is 44.3 Å². The van der Waals surface area contributed by atoms with E-state index in [1.807, 2.05) is 18.7 Å². The average Bonchev–Trinajstić information content (AvgIpc) is 3.34. The van der Waals surface area contributed by atoms with Gasteiger partial charge in [0.25, 0.3) is 0 Å². The Morgan fingerprint density at radius 2 is 2.00 bits per heavy atom. The fraction of sp³-hybridized carbons (Fsp3) is 0.926. The van der Waals surface area contributed by atoms with E-state index in [-0.39, 0.29) is 42.1 Å². The maximum absolute atomic E-state index is 12.3. The highest BCUT2D eigenvalue weighted by molar-refractivity contribution is 8.00. The highest BCUT2D eigenvalue weighted by Gasteiger charge is 2.69.